The van der Waals surface area contributed by atoms with Gasteiger partial charge in [0.1, 0.15) is 0 Å². The van der Waals surface area contributed by atoms with Crippen LogP contribution in [0.4, 0.5) is 0 Å². The van der Waals surface area contributed by atoms with E-state index in [9.17, 15) is 0 Å². The summed E-state index contributed by atoms with van der Waals surface area (Å²) in [6.07, 6.45) is 1.90. The number of pyridine rings is 1. The van der Waals surface area contributed by atoms with E-state index in [0.717, 1.165) is 11.3 Å². The first-order valence-electron chi connectivity index (χ1n) is 12.3. The van der Waals surface area contributed by atoms with Gasteiger partial charge in [0.15, 0.2) is 0 Å². The zero-order valence-electron chi connectivity index (χ0n) is 19.7. The van der Waals surface area contributed by atoms with Gasteiger partial charge in [0.2, 0.25) is 0 Å². The Hall–Kier alpha value is -4.75. The molecule has 7 rings (SSSR count). The molecule has 1 nitrogen and oxygen atoms in total. The van der Waals surface area contributed by atoms with E-state index in [-0.39, 0.29) is 0 Å². The Labute approximate surface area is 210 Å². The minimum absolute atomic E-state index is 0.982. The van der Waals surface area contributed by atoms with Gasteiger partial charge in [-0.1, -0.05) is 109 Å². The maximum absolute atomic E-state index is 4.69. The standard InChI is InChI=1S/C35H23N/c1-2-9-24(10-3-1)27-19-20-36-35(23-27)28-12-8-11-25(21-28)26-17-18-33-31-15-5-4-13-29(31)30-14-6-7-16-32(30)34(33)22-26/h1-23H. The third-order valence-electron chi connectivity index (χ3n) is 7.10. The molecule has 0 saturated carbocycles. The average molecular weight is 458 g/mol. The molecule has 1 heteroatoms. The van der Waals surface area contributed by atoms with E-state index >= 15 is 0 Å². The molecule has 0 bridgehead atoms. The molecule has 0 amide bonds. The quantitative estimate of drug-likeness (QED) is 0.241. The number of rotatable bonds is 3. The van der Waals surface area contributed by atoms with Crippen LogP contribution in [-0.2, 0) is 0 Å². The SMILES string of the molecule is c1ccc(-c2ccnc(-c3cccc(-c4ccc5c6ccccc6c6ccccc6c5c4)c3)c2)cc1. The van der Waals surface area contributed by atoms with Crippen LogP contribution in [0.25, 0.3) is 65.8 Å². The van der Waals surface area contributed by atoms with E-state index in [0.29, 0.717) is 0 Å². The predicted octanol–water partition coefficient (Wildman–Crippen LogP) is 9.54. The molecule has 6 aromatic carbocycles. The van der Waals surface area contributed by atoms with Gasteiger partial charge in [-0.15, -0.1) is 0 Å². The Morgan fingerprint density at radius 2 is 0.833 bits per heavy atom. The molecule has 0 radical (unpaired) electrons. The highest BCUT2D eigenvalue weighted by Gasteiger charge is 2.10. The van der Waals surface area contributed by atoms with Crippen molar-refractivity contribution in [2.45, 2.75) is 0 Å². The van der Waals surface area contributed by atoms with Crippen LogP contribution in [0.3, 0.4) is 0 Å². The number of nitrogens with zero attached hydrogens (tertiary/aromatic N) is 1. The topological polar surface area (TPSA) is 12.9 Å². The highest BCUT2D eigenvalue weighted by molar-refractivity contribution is 6.25. The van der Waals surface area contributed by atoms with E-state index in [1.165, 1.54) is 54.6 Å². The molecule has 36 heavy (non-hydrogen) atoms. The van der Waals surface area contributed by atoms with Gasteiger partial charge >= 0.3 is 0 Å². The second kappa shape index (κ2) is 8.48. The van der Waals surface area contributed by atoms with Crippen LogP contribution in [0.15, 0.2) is 140 Å². The summed E-state index contributed by atoms with van der Waals surface area (Å²) in [5.74, 6) is 0. The smallest absolute Gasteiger partial charge is 0.0708 e. The Balaban J connectivity index is 1.38. The molecule has 168 valence electrons. The summed E-state index contributed by atoms with van der Waals surface area (Å²) in [6, 6.07) is 47.7. The fraction of sp³-hybridized carbons (Fsp3) is 0. The summed E-state index contributed by atoms with van der Waals surface area (Å²) in [5.41, 5.74) is 6.88. The lowest BCUT2D eigenvalue weighted by Crippen LogP contribution is -1.87. The Bertz CT molecular complexity index is 1850. The van der Waals surface area contributed by atoms with Crippen LogP contribution in [0.2, 0.25) is 0 Å². The molecule has 0 saturated heterocycles. The van der Waals surface area contributed by atoms with Gasteiger partial charge in [-0.3, -0.25) is 4.98 Å². The Morgan fingerprint density at radius 1 is 0.306 bits per heavy atom. The molecule has 0 aliphatic rings. The van der Waals surface area contributed by atoms with Crippen LogP contribution in [0, 0.1) is 0 Å². The number of hydrogen-bond donors (Lipinski definition) is 0. The first-order chi connectivity index (χ1) is 17.8. The highest BCUT2D eigenvalue weighted by atomic mass is 14.7. The summed E-state index contributed by atoms with van der Waals surface area (Å²) in [6.45, 7) is 0. The molecule has 1 aromatic heterocycles. The molecule has 0 atom stereocenters. The summed E-state index contributed by atoms with van der Waals surface area (Å²) < 4.78 is 0. The van der Waals surface area contributed by atoms with E-state index in [4.69, 9.17) is 4.98 Å². The molecular weight excluding hydrogens is 434 g/mol. The zero-order chi connectivity index (χ0) is 23.9. The Morgan fingerprint density at radius 3 is 1.56 bits per heavy atom. The number of hydrogen-bond acceptors (Lipinski definition) is 1. The van der Waals surface area contributed by atoms with Gasteiger partial charge < -0.3 is 0 Å². The van der Waals surface area contributed by atoms with Crippen LogP contribution in [-0.4, -0.2) is 4.98 Å². The number of fused-ring (bicyclic) bond motifs is 6. The van der Waals surface area contributed by atoms with Gasteiger partial charge in [0, 0.05) is 11.8 Å². The van der Waals surface area contributed by atoms with Crippen molar-refractivity contribution in [3.8, 4) is 33.5 Å². The molecule has 0 aliphatic heterocycles. The van der Waals surface area contributed by atoms with Gasteiger partial charge in [-0.25, -0.2) is 0 Å². The second-order valence-corrected chi connectivity index (χ2v) is 9.23. The summed E-state index contributed by atoms with van der Waals surface area (Å²) >= 11 is 0. The largest absolute Gasteiger partial charge is 0.256 e. The van der Waals surface area contributed by atoms with E-state index in [1.54, 1.807) is 0 Å². The third-order valence-corrected chi connectivity index (χ3v) is 7.10. The zero-order valence-corrected chi connectivity index (χ0v) is 19.7. The fourth-order valence-corrected chi connectivity index (χ4v) is 5.34. The lowest BCUT2D eigenvalue weighted by atomic mass is 9.91. The highest BCUT2D eigenvalue weighted by Crippen LogP contribution is 2.37. The molecule has 0 unspecified atom stereocenters. The molecule has 7 aromatic rings. The first kappa shape index (κ1) is 20.6. The van der Waals surface area contributed by atoms with Crippen LogP contribution >= 0.6 is 0 Å². The van der Waals surface area contributed by atoms with Crippen molar-refractivity contribution in [3.63, 3.8) is 0 Å². The predicted molar refractivity (Wildman–Crippen MR) is 153 cm³/mol. The normalized spacial score (nSPS) is 11.3. The third kappa shape index (κ3) is 3.45. The van der Waals surface area contributed by atoms with E-state index < -0.39 is 0 Å². The lowest BCUT2D eigenvalue weighted by Gasteiger charge is -2.12. The number of aromatic nitrogens is 1. The second-order valence-electron chi connectivity index (χ2n) is 9.23. The Kier molecular flexibility index (Phi) is 4.85. The van der Waals surface area contributed by atoms with Crippen molar-refractivity contribution in [1.29, 1.82) is 0 Å². The van der Waals surface area contributed by atoms with Crippen molar-refractivity contribution in [1.82, 2.24) is 4.98 Å². The minimum atomic E-state index is 0.982. The average Bonchev–Trinajstić information content (AvgIpc) is 2.98. The van der Waals surface area contributed by atoms with Crippen molar-refractivity contribution in [3.05, 3.63) is 140 Å². The van der Waals surface area contributed by atoms with Crippen molar-refractivity contribution >= 4 is 32.3 Å². The lowest BCUT2D eigenvalue weighted by molar-refractivity contribution is 1.33. The summed E-state index contributed by atoms with van der Waals surface area (Å²) in [5, 5.41) is 7.78. The molecule has 0 fully saturated rings. The molecule has 0 spiro atoms. The fourth-order valence-electron chi connectivity index (χ4n) is 5.34. The monoisotopic (exact) mass is 457 g/mol. The summed E-state index contributed by atoms with van der Waals surface area (Å²) in [7, 11) is 0. The van der Waals surface area contributed by atoms with E-state index in [1.807, 2.05) is 12.3 Å². The van der Waals surface area contributed by atoms with Crippen LogP contribution in [0.1, 0.15) is 0 Å². The minimum Gasteiger partial charge on any atom is -0.256 e. The molecular formula is C35H23N. The maximum Gasteiger partial charge on any atom is 0.0708 e. The van der Waals surface area contributed by atoms with E-state index in [2.05, 4.69) is 127 Å². The summed E-state index contributed by atoms with van der Waals surface area (Å²) in [4.78, 5) is 4.69. The molecule has 0 N–H and O–H groups in total. The van der Waals surface area contributed by atoms with Crippen LogP contribution in [0.5, 0.6) is 0 Å². The van der Waals surface area contributed by atoms with Crippen molar-refractivity contribution in [2.24, 2.45) is 0 Å². The van der Waals surface area contributed by atoms with Gasteiger partial charge in [0.25, 0.3) is 0 Å². The van der Waals surface area contributed by atoms with Gasteiger partial charge in [-0.2, -0.15) is 0 Å². The molecule has 1 heterocycles. The first-order valence-corrected chi connectivity index (χ1v) is 12.3. The van der Waals surface area contributed by atoms with Crippen LogP contribution < -0.4 is 0 Å². The van der Waals surface area contributed by atoms with Crippen molar-refractivity contribution < 1.29 is 0 Å². The van der Waals surface area contributed by atoms with Gasteiger partial charge in [-0.05, 0) is 78.8 Å². The maximum atomic E-state index is 4.69. The van der Waals surface area contributed by atoms with Gasteiger partial charge in [0.05, 0.1) is 5.69 Å². The molecule has 0 aliphatic carbocycles. The number of benzene rings is 6. The van der Waals surface area contributed by atoms with Crippen molar-refractivity contribution in [2.75, 3.05) is 0 Å².